The highest BCUT2D eigenvalue weighted by molar-refractivity contribution is 5.93. The van der Waals surface area contributed by atoms with Crippen LogP contribution in [0.3, 0.4) is 0 Å². The molecule has 0 bridgehead atoms. The Morgan fingerprint density at radius 1 is 1.36 bits per heavy atom. The third kappa shape index (κ3) is 2.96. The van der Waals surface area contributed by atoms with Gasteiger partial charge in [-0.1, -0.05) is 12.1 Å². The number of halogens is 1. The van der Waals surface area contributed by atoms with Crippen molar-refractivity contribution < 1.29 is 14.0 Å². The van der Waals surface area contributed by atoms with Crippen LogP contribution in [0.1, 0.15) is 30.0 Å². The van der Waals surface area contributed by atoms with Crippen LogP contribution in [-0.2, 0) is 13.5 Å². The summed E-state index contributed by atoms with van der Waals surface area (Å²) < 4.78 is 21.4. The number of benzene rings is 1. The molecule has 0 spiro atoms. The zero-order chi connectivity index (χ0) is 18.3. The molecule has 0 aliphatic heterocycles. The Bertz CT molecular complexity index is 911. The van der Waals surface area contributed by atoms with Gasteiger partial charge in [-0.3, -0.25) is 0 Å². The minimum atomic E-state index is -0.755. The zero-order valence-electron chi connectivity index (χ0n) is 15.3. The molecule has 0 saturated carbocycles. The fraction of sp³-hybridized carbons (Fsp3) is 0.421. The van der Waals surface area contributed by atoms with Gasteiger partial charge < -0.3 is 19.1 Å². The first-order valence-corrected chi connectivity index (χ1v) is 8.41. The van der Waals surface area contributed by atoms with Gasteiger partial charge in [-0.25, -0.2) is 4.39 Å². The molecule has 6 heteroatoms. The van der Waals surface area contributed by atoms with Crippen molar-refractivity contribution in [2.75, 3.05) is 20.6 Å². The van der Waals surface area contributed by atoms with Crippen LogP contribution in [0.5, 0.6) is 0 Å². The predicted molar refractivity (Wildman–Crippen MR) is 96.0 cm³/mol. The van der Waals surface area contributed by atoms with E-state index in [2.05, 4.69) is 5.16 Å². The Kier molecular flexibility index (Phi) is 4.67. The third-order valence-corrected chi connectivity index (χ3v) is 4.56. The molecule has 0 amide bonds. The molecule has 25 heavy (non-hydrogen) atoms. The standard InChI is InChI=1S/C19H24FN3O2/c1-6-16-17(11(2)21-25-16)19-18(15(24)10-22(3)4)13-9-12(20)7-8-14(13)23(19)5/h7-9,15,24H,6,10H2,1-5H3. The summed E-state index contributed by atoms with van der Waals surface area (Å²) >= 11 is 0. The lowest BCUT2D eigenvalue weighted by molar-refractivity contribution is 0.140. The summed E-state index contributed by atoms with van der Waals surface area (Å²) in [6.45, 7) is 4.33. The lowest BCUT2D eigenvalue weighted by atomic mass is 9.98. The lowest BCUT2D eigenvalue weighted by Gasteiger charge is -2.18. The molecule has 0 fully saturated rings. The van der Waals surface area contributed by atoms with Gasteiger partial charge in [-0.2, -0.15) is 0 Å². The molecule has 0 aliphatic rings. The summed E-state index contributed by atoms with van der Waals surface area (Å²) in [6.07, 6.45) is -0.0653. The van der Waals surface area contributed by atoms with Crippen molar-refractivity contribution in [2.24, 2.45) is 7.05 Å². The Morgan fingerprint density at radius 3 is 2.72 bits per heavy atom. The van der Waals surface area contributed by atoms with E-state index in [1.165, 1.54) is 12.1 Å². The van der Waals surface area contributed by atoms with E-state index >= 15 is 0 Å². The van der Waals surface area contributed by atoms with Crippen molar-refractivity contribution >= 4 is 10.9 Å². The van der Waals surface area contributed by atoms with Crippen LogP contribution in [0, 0.1) is 12.7 Å². The summed E-state index contributed by atoms with van der Waals surface area (Å²) in [5, 5.41) is 15.7. The van der Waals surface area contributed by atoms with E-state index < -0.39 is 6.10 Å². The Morgan fingerprint density at radius 2 is 2.08 bits per heavy atom. The van der Waals surface area contributed by atoms with E-state index in [0.29, 0.717) is 18.5 Å². The molecule has 0 radical (unpaired) electrons. The summed E-state index contributed by atoms with van der Waals surface area (Å²) in [6, 6.07) is 4.67. The van der Waals surface area contributed by atoms with Crippen molar-refractivity contribution in [1.82, 2.24) is 14.6 Å². The highest BCUT2D eigenvalue weighted by Crippen LogP contribution is 2.40. The number of hydrogen-bond acceptors (Lipinski definition) is 4. The summed E-state index contributed by atoms with van der Waals surface area (Å²) in [5.74, 6) is 0.447. The molecule has 2 heterocycles. The molecule has 1 N–H and O–H groups in total. The molecule has 5 nitrogen and oxygen atoms in total. The molecule has 0 saturated heterocycles. The third-order valence-electron chi connectivity index (χ3n) is 4.56. The van der Waals surface area contributed by atoms with Crippen LogP contribution in [-0.4, -0.2) is 40.4 Å². The fourth-order valence-electron chi connectivity index (χ4n) is 3.48. The molecule has 0 aliphatic carbocycles. The van der Waals surface area contributed by atoms with Gasteiger partial charge in [-0.05, 0) is 39.2 Å². The van der Waals surface area contributed by atoms with Crippen LogP contribution >= 0.6 is 0 Å². The molecular formula is C19H24FN3O2. The Labute approximate surface area is 146 Å². The molecule has 1 atom stereocenters. The normalized spacial score (nSPS) is 13.1. The fourth-order valence-corrected chi connectivity index (χ4v) is 3.48. The van der Waals surface area contributed by atoms with E-state index in [4.69, 9.17) is 4.52 Å². The van der Waals surface area contributed by atoms with Gasteiger partial charge in [0.1, 0.15) is 11.6 Å². The van der Waals surface area contributed by atoms with Crippen LogP contribution in [0.25, 0.3) is 22.2 Å². The summed E-state index contributed by atoms with van der Waals surface area (Å²) in [5.41, 5.74) is 4.07. The van der Waals surface area contributed by atoms with Crippen molar-refractivity contribution in [2.45, 2.75) is 26.4 Å². The number of nitrogens with zero attached hydrogens (tertiary/aromatic N) is 3. The van der Waals surface area contributed by atoms with Crippen LogP contribution in [0.15, 0.2) is 22.7 Å². The topological polar surface area (TPSA) is 54.4 Å². The number of fused-ring (bicyclic) bond motifs is 1. The van der Waals surface area contributed by atoms with E-state index in [-0.39, 0.29) is 5.82 Å². The first kappa shape index (κ1) is 17.6. The first-order valence-electron chi connectivity index (χ1n) is 8.41. The maximum Gasteiger partial charge on any atom is 0.146 e. The SMILES string of the molecule is CCc1onc(C)c1-c1c(C(O)CN(C)C)c2cc(F)ccc2n1C. The quantitative estimate of drug-likeness (QED) is 0.770. The smallest absolute Gasteiger partial charge is 0.146 e. The molecular weight excluding hydrogens is 321 g/mol. The minimum Gasteiger partial charge on any atom is -0.387 e. The molecule has 2 aromatic heterocycles. The second-order valence-corrected chi connectivity index (χ2v) is 6.68. The van der Waals surface area contributed by atoms with Gasteiger partial charge >= 0.3 is 0 Å². The van der Waals surface area contributed by atoms with Crippen LogP contribution in [0.4, 0.5) is 4.39 Å². The Balaban J connectivity index is 2.37. The number of likely N-dealkylation sites (N-methyl/N-ethyl adjacent to an activating group) is 1. The van der Waals surface area contributed by atoms with E-state index in [9.17, 15) is 9.50 Å². The number of aryl methyl sites for hydroxylation is 3. The molecule has 134 valence electrons. The van der Waals surface area contributed by atoms with Gasteiger partial charge in [0.2, 0.25) is 0 Å². The van der Waals surface area contributed by atoms with Gasteiger partial charge in [0, 0.05) is 36.5 Å². The average molecular weight is 345 g/mol. The van der Waals surface area contributed by atoms with E-state index in [0.717, 1.165) is 33.6 Å². The highest BCUT2D eigenvalue weighted by atomic mass is 19.1. The van der Waals surface area contributed by atoms with Gasteiger partial charge in [0.25, 0.3) is 0 Å². The van der Waals surface area contributed by atoms with E-state index in [1.54, 1.807) is 6.07 Å². The minimum absolute atomic E-state index is 0.319. The van der Waals surface area contributed by atoms with Crippen LogP contribution < -0.4 is 0 Å². The molecule has 1 unspecified atom stereocenters. The number of aliphatic hydroxyl groups is 1. The van der Waals surface area contributed by atoms with Crippen molar-refractivity contribution in [1.29, 1.82) is 0 Å². The van der Waals surface area contributed by atoms with Crippen molar-refractivity contribution in [3.05, 3.63) is 41.0 Å². The van der Waals surface area contributed by atoms with Gasteiger partial charge in [0.15, 0.2) is 0 Å². The number of aromatic nitrogens is 2. The summed E-state index contributed by atoms with van der Waals surface area (Å²) in [7, 11) is 5.72. The highest BCUT2D eigenvalue weighted by Gasteiger charge is 2.27. The summed E-state index contributed by atoms with van der Waals surface area (Å²) in [4.78, 5) is 1.91. The monoisotopic (exact) mass is 345 g/mol. The molecule has 3 aromatic rings. The van der Waals surface area contributed by atoms with Gasteiger partial charge in [-0.15, -0.1) is 0 Å². The number of hydrogen-bond donors (Lipinski definition) is 1. The van der Waals surface area contributed by atoms with Crippen molar-refractivity contribution in [3.63, 3.8) is 0 Å². The second kappa shape index (κ2) is 6.61. The lowest BCUT2D eigenvalue weighted by Crippen LogP contribution is -2.20. The maximum atomic E-state index is 13.9. The first-order chi connectivity index (χ1) is 11.8. The zero-order valence-corrected chi connectivity index (χ0v) is 15.3. The second-order valence-electron chi connectivity index (χ2n) is 6.68. The van der Waals surface area contributed by atoms with Gasteiger partial charge in [0.05, 0.1) is 23.1 Å². The predicted octanol–water partition coefficient (Wildman–Crippen LogP) is 3.44. The van der Waals surface area contributed by atoms with Crippen molar-refractivity contribution in [3.8, 4) is 11.3 Å². The van der Waals surface area contributed by atoms with Crippen LogP contribution in [0.2, 0.25) is 0 Å². The van der Waals surface area contributed by atoms with E-state index in [1.807, 2.05) is 44.5 Å². The number of rotatable bonds is 5. The molecule has 3 rings (SSSR count). The molecule has 1 aromatic carbocycles. The largest absolute Gasteiger partial charge is 0.387 e. The Hall–Kier alpha value is -2.18. The average Bonchev–Trinajstić information content (AvgIpc) is 3.03. The number of aliphatic hydroxyl groups excluding tert-OH is 1. The maximum absolute atomic E-state index is 13.9.